The molecular weight excluding hydrogens is 440 g/mol. The molecule has 10 heteroatoms. The Labute approximate surface area is 180 Å². The summed E-state index contributed by atoms with van der Waals surface area (Å²) in [6.07, 6.45) is -10.5. The molecule has 0 aliphatic heterocycles. The van der Waals surface area contributed by atoms with Gasteiger partial charge in [0, 0.05) is 12.0 Å². The molecule has 2 aromatic rings. The Balaban J connectivity index is 2.31. The summed E-state index contributed by atoms with van der Waals surface area (Å²) in [5.41, 5.74) is -2.93. The molecule has 32 heavy (non-hydrogen) atoms. The molecule has 174 valence electrons. The number of aliphatic carboxylic acids is 1. The summed E-state index contributed by atoms with van der Waals surface area (Å²) in [6, 6.07) is 5.68. The predicted molar refractivity (Wildman–Crippen MR) is 104 cm³/mol. The second kappa shape index (κ2) is 8.84. The number of alkyl halides is 6. The third kappa shape index (κ3) is 6.48. The second-order valence-electron chi connectivity index (χ2n) is 8.31. The lowest BCUT2D eigenvalue weighted by Crippen LogP contribution is -2.42. The van der Waals surface area contributed by atoms with E-state index in [1.807, 2.05) is 26.1 Å². The molecule has 2 rings (SSSR count). The quantitative estimate of drug-likeness (QED) is 0.583. The van der Waals surface area contributed by atoms with Gasteiger partial charge in [-0.25, -0.2) is 4.79 Å². The first-order valence-corrected chi connectivity index (χ1v) is 9.41. The van der Waals surface area contributed by atoms with Crippen molar-refractivity contribution in [2.24, 2.45) is 0 Å². The third-order valence-electron chi connectivity index (χ3n) is 4.71. The van der Waals surface area contributed by atoms with Gasteiger partial charge in [-0.2, -0.15) is 26.3 Å². The van der Waals surface area contributed by atoms with Gasteiger partial charge >= 0.3 is 18.3 Å². The van der Waals surface area contributed by atoms with Gasteiger partial charge in [0.25, 0.3) is 5.91 Å². The molecule has 2 aromatic carbocycles. The van der Waals surface area contributed by atoms with Crippen molar-refractivity contribution >= 4 is 11.9 Å². The smallest absolute Gasteiger partial charge is 0.416 e. The number of nitrogens with one attached hydrogen (secondary N) is 1. The maximum atomic E-state index is 13.0. The van der Waals surface area contributed by atoms with Gasteiger partial charge in [0.1, 0.15) is 6.04 Å². The van der Waals surface area contributed by atoms with Gasteiger partial charge in [0.15, 0.2) is 0 Å². The van der Waals surface area contributed by atoms with Crippen LogP contribution in [0.4, 0.5) is 26.3 Å². The van der Waals surface area contributed by atoms with Gasteiger partial charge in [0.05, 0.1) is 11.1 Å². The Morgan fingerprint density at radius 3 is 1.69 bits per heavy atom. The van der Waals surface area contributed by atoms with Gasteiger partial charge in [-0.15, -0.1) is 0 Å². The van der Waals surface area contributed by atoms with E-state index in [1.54, 1.807) is 24.3 Å². The van der Waals surface area contributed by atoms with E-state index in [4.69, 9.17) is 0 Å². The number of rotatable bonds is 5. The van der Waals surface area contributed by atoms with E-state index in [-0.39, 0.29) is 30.0 Å². The van der Waals surface area contributed by atoms with Crippen LogP contribution in [0.15, 0.2) is 42.5 Å². The average Bonchev–Trinajstić information content (AvgIpc) is 2.65. The highest BCUT2D eigenvalue weighted by atomic mass is 19.4. The lowest BCUT2D eigenvalue weighted by Gasteiger charge is -2.20. The average molecular weight is 461 g/mol. The summed E-state index contributed by atoms with van der Waals surface area (Å²) in [5.74, 6) is -2.85. The van der Waals surface area contributed by atoms with E-state index in [0.717, 1.165) is 5.56 Å². The van der Waals surface area contributed by atoms with E-state index in [0.29, 0.717) is 5.56 Å². The van der Waals surface area contributed by atoms with Crippen LogP contribution in [0, 0.1) is 0 Å². The minimum atomic E-state index is -5.13. The Kier molecular flexibility index (Phi) is 6.96. The molecule has 0 aromatic heterocycles. The highest BCUT2D eigenvalue weighted by molar-refractivity contribution is 5.97. The largest absolute Gasteiger partial charge is 0.480 e. The van der Waals surface area contributed by atoms with E-state index < -0.39 is 47.0 Å². The van der Waals surface area contributed by atoms with Crippen molar-refractivity contribution in [1.29, 1.82) is 0 Å². The SMILES string of the molecule is CC(C)(C)c1ccc(C[C@@H](NC(=O)c2cc(C(F)(F)F)cc(C(F)(F)F)c2)C(=O)O)cc1. The van der Waals surface area contributed by atoms with Crippen LogP contribution in [-0.2, 0) is 29.0 Å². The molecule has 1 atom stereocenters. The molecule has 0 aliphatic rings. The zero-order valence-electron chi connectivity index (χ0n) is 17.4. The van der Waals surface area contributed by atoms with Crippen molar-refractivity contribution in [3.05, 3.63) is 70.3 Å². The molecule has 0 spiro atoms. The van der Waals surface area contributed by atoms with Crippen LogP contribution in [0.2, 0.25) is 0 Å². The molecule has 2 N–H and O–H groups in total. The molecule has 0 unspecified atom stereocenters. The van der Waals surface area contributed by atoms with Gasteiger partial charge < -0.3 is 10.4 Å². The number of carboxylic acids is 1. The fourth-order valence-corrected chi connectivity index (χ4v) is 2.90. The van der Waals surface area contributed by atoms with E-state index in [1.165, 1.54) is 0 Å². The normalized spacial score (nSPS) is 13.5. The number of benzene rings is 2. The Hall–Kier alpha value is -3.04. The number of hydrogen-bond acceptors (Lipinski definition) is 2. The number of carboxylic acid groups (broad SMARTS) is 1. The first-order valence-electron chi connectivity index (χ1n) is 9.41. The zero-order chi connectivity index (χ0) is 24.5. The molecule has 0 saturated heterocycles. The Morgan fingerprint density at radius 1 is 0.844 bits per heavy atom. The van der Waals surface area contributed by atoms with Crippen LogP contribution in [0.1, 0.15) is 53.4 Å². The van der Waals surface area contributed by atoms with Crippen LogP contribution in [0.5, 0.6) is 0 Å². The lowest BCUT2D eigenvalue weighted by molar-refractivity contribution is -0.143. The molecular formula is C22H21F6NO3. The van der Waals surface area contributed by atoms with Gasteiger partial charge in [0.2, 0.25) is 0 Å². The summed E-state index contributed by atoms with van der Waals surface area (Å²) in [4.78, 5) is 24.0. The van der Waals surface area contributed by atoms with Crippen molar-refractivity contribution in [3.63, 3.8) is 0 Å². The molecule has 0 heterocycles. The number of amides is 1. The van der Waals surface area contributed by atoms with Crippen molar-refractivity contribution in [2.45, 2.75) is 51.0 Å². The van der Waals surface area contributed by atoms with Crippen molar-refractivity contribution in [1.82, 2.24) is 5.32 Å². The Morgan fingerprint density at radius 2 is 1.31 bits per heavy atom. The molecule has 1 amide bonds. The van der Waals surface area contributed by atoms with Gasteiger partial charge in [-0.1, -0.05) is 45.0 Å². The van der Waals surface area contributed by atoms with Gasteiger partial charge in [-0.05, 0) is 34.7 Å². The van der Waals surface area contributed by atoms with Crippen LogP contribution in [0.3, 0.4) is 0 Å². The number of carbonyl (C=O) groups is 2. The van der Waals surface area contributed by atoms with Gasteiger partial charge in [-0.3, -0.25) is 4.79 Å². The summed E-state index contributed by atoms with van der Waals surface area (Å²) in [5, 5.41) is 11.4. The number of carbonyl (C=O) groups excluding carboxylic acids is 1. The molecule has 0 bridgehead atoms. The summed E-state index contributed by atoms with van der Waals surface area (Å²) in [7, 11) is 0. The fourth-order valence-electron chi connectivity index (χ4n) is 2.90. The van der Waals surface area contributed by atoms with Crippen LogP contribution < -0.4 is 5.32 Å². The summed E-state index contributed by atoms with van der Waals surface area (Å²) >= 11 is 0. The molecule has 4 nitrogen and oxygen atoms in total. The Bertz CT molecular complexity index is 956. The number of hydrogen-bond donors (Lipinski definition) is 2. The van der Waals surface area contributed by atoms with Crippen LogP contribution >= 0.6 is 0 Å². The third-order valence-corrected chi connectivity index (χ3v) is 4.71. The van der Waals surface area contributed by atoms with E-state index in [2.05, 4.69) is 0 Å². The minimum absolute atomic E-state index is 0.109. The molecule has 0 radical (unpaired) electrons. The highest BCUT2D eigenvalue weighted by Gasteiger charge is 2.37. The zero-order valence-corrected chi connectivity index (χ0v) is 17.4. The number of halogens is 6. The van der Waals surface area contributed by atoms with Crippen LogP contribution in [-0.4, -0.2) is 23.0 Å². The topological polar surface area (TPSA) is 66.4 Å². The molecule has 0 aliphatic carbocycles. The van der Waals surface area contributed by atoms with Crippen molar-refractivity contribution in [3.8, 4) is 0 Å². The van der Waals surface area contributed by atoms with E-state index >= 15 is 0 Å². The minimum Gasteiger partial charge on any atom is -0.480 e. The maximum absolute atomic E-state index is 13.0. The summed E-state index contributed by atoms with van der Waals surface area (Å²) in [6.45, 7) is 5.94. The molecule has 0 saturated carbocycles. The lowest BCUT2D eigenvalue weighted by atomic mass is 9.86. The van der Waals surface area contributed by atoms with Crippen LogP contribution in [0.25, 0.3) is 0 Å². The fraction of sp³-hybridized carbons (Fsp3) is 0.364. The predicted octanol–water partition coefficient (Wildman–Crippen LogP) is 5.45. The highest BCUT2D eigenvalue weighted by Crippen LogP contribution is 2.36. The monoisotopic (exact) mass is 461 g/mol. The van der Waals surface area contributed by atoms with Crippen molar-refractivity contribution < 1.29 is 41.0 Å². The first kappa shape index (κ1) is 25.2. The van der Waals surface area contributed by atoms with Crippen molar-refractivity contribution in [2.75, 3.05) is 0 Å². The standard InChI is InChI=1S/C22H21F6NO3/c1-20(2,3)14-6-4-12(5-7-14)8-17(19(31)32)29-18(30)13-9-15(21(23,24)25)11-16(10-13)22(26,27)28/h4-7,9-11,17H,8H2,1-3H3,(H,29,30)(H,31,32)/t17-/m1/s1. The first-order chi connectivity index (χ1) is 14.5. The second-order valence-corrected chi connectivity index (χ2v) is 8.31. The summed E-state index contributed by atoms with van der Waals surface area (Å²) < 4.78 is 78.0. The maximum Gasteiger partial charge on any atom is 0.416 e. The molecule has 0 fully saturated rings. The van der Waals surface area contributed by atoms with E-state index in [9.17, 15) is 41.0 Å².